The monoisotopic (exact) mass is 316 g/mol. The molecular formula is C17H14F2N2O2. The number of nitrogens with zero attached hydrogens (tertiary/aromatic N) is 1. The number of amides is 1. The van der Waals surface area contributed by atoms with Crippen LogP contribution < -0.4 is 10.1 Å². The van der Waals surface area contributed by atoms with Gasteiger partial charge in [-0.1, -0.05) is 18.2 Å². The molecule has 1 atom stereocenters. The zero-order valence-corrected chi connectivity index (χ0v) is 12.3. The van der Waals surface area contributed by atoms with Crippen LogP contribution in [0.2, 0.25) is 0 Å². The molecule has 6 heteroatoms. The molecule has 2 rings (SSSR count). The van der Waals surface area contributed by atoms with Crippen LogP contribution in [-0.2, 0) is 4.79 Å². The van der Waals surface area contributed by atoms with Gasteiger partial charge in [0, 0.05) is 11.6 Å². The lowest BCUT2D eigenvalue weighted by molar-refractivity contribution is -0.123. The Morgan fingerprint density at radius 1 is 1.30 bits per heavy atom. The summed E-state index contributed by atoms with van der Waals surface area (Å²) in [6, 6.07) is 11.0. The first-order valence-corrected chi connectivity index (χ1v) is 6.87. The van der Waals surface area contributed by atoms with Crippen LogP contribution in [0.15, 0.2) is 42.5 Å². The Balaban J connectivity index is 1.95. The molecule has 118 valence electrons. The Morgan fingerprint density at radius 2 is 2.04 bits per heavy atom. The van der Waals surface area contributed by atoms with Crippen LogP contribution in [0, 0.1) is 23.0 Å². The first kappa shape index (κ1) is 16.4. The van der Waals surface area contributed by atoms with Gasteiger partial charge in [-0.3, -0.25) is 4.79 Å². The standard InChI is InChI=1S/C17H14F2N2O2/c1-11(14-7-6-13(18)8-15(14)19)21-17(22)10-23-16-5-3-2-4-12(16)9-20/h2-8,11H,10H2,1H3,(H,21,22). The van der Waals surface area contributed by atoms with E-state index in [9.17, 15) is 13.6 Å². The zero-order valence-electron chi connectivity index (χ0n) is 12.3. The number of nitrogens with one attached hydrogen (secondary N) is 1. The van der Waals surface area contributed by atoms with Gasteiger partial charge in [-0.2, -0.15) is 5.26 Å². The summed E-state index contributed by atoms with van der Waals surface area (Å²) in [6.45, 7) is 1.27. The van der Waals surface area contributed by atoms with E-state index >= 15 is 0 Å². The van der Waals surface area contributed by atoms with Gasteiger partial charge in [-0.05, 0) is 25.1 Å². The molecule has 0 spiro atoms. The summed E-state index contributed by atoms with van der Waals surface area (Å²) < 4.78 is 31.8. The average Bonchev–Trinajstić information content (AvgIpc) is 2.53. The second-order valence-corrected chi connectivity index (χ2v) is 4.85. The summed E-state index contributed by atoms with van der Waals surface area (Å²) in [5, 5.41) is 11.5. The Kier molecular flexibility index (Phi) is 5.26. The summed E-state index contributed by atoms with van der Waals surface area (Å²) in [7, 11) is 0. The smallest absolute Gasteiger partial charge is 0.258 e. The van der Waals surface area contributed by atoms with Crippen molar-refractivity contribution in [3.8, 4) is 11.8 Å². The molecule has 0 bridgehead atoms. The van der Waals surface area contributed by atoms with Gasteiger partial charge in [0.1, 0.15) is 23.5 Å². The third-order valence-electron chi connectivity index (χ3n) is 3.17. The van der Waals surface area contributed by atoms with E-state index in [4.69, 9.17) is 10.00 Å². The van der Waals surface area contributed by atoms with Gasteiger partial charge in [-0.15, -0.1) is 0 Å². The third kappa shape index (κ3) is 4.27. The molecule has 1 N–H and O–H groups in total. The molecule has 0 saturated carbocycles. The molecule has 0 aromatic heterocycles. The molecule has 0 radical (unpaired) electrons. The summed E-state index contributed by atoms with van der Waals surface area (Å²) in [5.41, 5.74) is 0.495. The number of ether oxygens (including phenoxy) is 1. The molecule has 1 unspecified atom stereocenters. The molecule has 2 aromatic carbocycles. The number of halogens is 2. The van der Waals surface area contributed by atoms with Crippen molar-refractivity contribution in [2.75, 3.05) is 6.61 Å². The number of hydrogen-bond acceptors (Lipinski definition) is 3. The highest BCUT2D eigenvalue weighted by Crippen LogP contribution is 2.18. The van der Waals surface area contributed by atoms with E-state index < -0.39 is 23.6 Å². The van der Waals surface area contributed by atoms with Crippen LogP contribution in [0.3, 0.4) is 0 Å². The first-order valence-electron chi connectivity index (χ1n) is 6.87. The van der Waals surface area contributed by atoms with Crippen LogP contribution in [0.25, 0.3) is 0 Å². The molecule has 0 saturated heterocycles. The van der Waals surface area contributed by atoms with Crippen molar-refractivity contribution in [2.45, 2.75) is 13.0 Å². The molecule has 0 heterocycles. The largest absolute Gasteiger partial charge is 0.482 e. The van der Waals surface area contributed by atoms with E-state index in [1.807, 2.05) is 6.07 Å². The van der Waals surface area contributed by atoms with E-state index in [1.54, 1.807) is 31.2 Å². The Morgan fingerprint density at radius 3 is 2.74 bits per heavy atom. The van der Waals surface area contributed by atoms with Gasteiger partial charge in [0.05, 0.1) is 11.6 Å². The number of benzene rings is 2. The molecule has 2 aromatic rings. The number of para-hydroxylation sites is 1. The van der Waals surface area contributed by atoms with Crippen LogP contribution in [0.4, 0.5) is 8.78 Å². The molecule has 0 aliphatic heterocycles. The number of hydrogen-bond donors (Lipinski definition) is 1. The van der Waals surface area contributed by atoms with E-state index in [2.05, 4.69) is 5.32 Å². The first-order chi connectivity index (χ1) is 11.0. The van der Waals surface area contributed by atoms with Crippen LogP contribution >= 0.6 is 0 Å². The lowest BCUT2D eigenvalue weighted by Gasteiger charge is -2.15. The second kappa shape index (κ2) is 7.36. The zero-order chi connectivity index (χ0) is 16.8. The number of carbonyl (C=O) groups excluding carboxylic acids is 1. The van der Waals surface area contributed by atoms with Crippen LogP contribution in [0.5, 0.6) is 5.75 Å². The maximum Gasteiger partial charge on any atom is 0.258 e. The molecule has 1 amide bonds. The van der Waals surface area contributed by atoms with E-state index in [1.165, 1.54) is 6.07 Å². The molecular weight excluding hydrogens is 302 g/mol. The summed E-state index contributed by atoms with van der Waals surface area (Å²) in [5.74, 6) is -1.59. The van der Waals surface area contributed by atoms with Gasteiger partial charge in [-0.25, -0.2) is 8.78 Å². The van der Waals surface area contributed by atoms with Crippen molar-refractivity contribution in [3.63, 3.8) is 0 Å². The van der Waals surface area contributed by atoms with Crippen molar-refractivity contribution >= 4 is 5.91 Å². The minimum Gasteiger partial charge on any atom is -0.482 e. The molecule has 4 nitrogen and oxygen atoms in total. The van der Waals surface area contributed by atoms with Gasteiger partial charge in [0.2, 0.25) is 0 Å². The highest BCUT2D eigenvalue weighted by atomic mass is 19.1. The Labute approximate surface area is 132 Å². The van der Waals surface area contributed by atoms with Crippen molar-refractivity contribution in [3.05, 3.63) is 65.2 Å². The quantitative estimate of drug-likeness (QED) is 0.922. The van der Waals surface area contributed by atoms with Gasteiger partial charge >= 0.3 is 0 Å². The summed E-state index contributed by atoms with van der Waals surface area (Å²) >= 11 is 0. The maximum absolute atomic E-state index is 13.6. The predicted octanol–water partition coefficient (Wildman–Crippen LogP) is 3.09. The number of nitriles is 1. The lowest BCUT2D eigenvalue weighted by atomic mass is 10.1. The number of carbonyl (C=O) groups is 1. The molecule has 0 aliphatic rings. The minimum absolute atomic E-state index is 0.178. The highest BCUT2D eigenvalue weighted by Gasteiger charge is 2.15. The molecule has 23 heavy (non-hydrogen) atoms. The normalized spacial score (nSPS) is 11.4. The topological polar surface area (TPSA) is 62.1 Å². The van der Waals surface area contributed by atoms with Crippen LogP contribution in [0.1, 0.15) is 24.1 Å². The summed E-state index contributed by atoms with van der Waals surface area (Å²) in [6.07, 6.45) is 0. The average molecular weight is 316 g/mol. The van der Waals surface area contributed by atoms with Crippen LogP contribution in [-0.4, -0.2) is 12.5 Å². The predicted molar refractivity (Wildman–Crippen MR) is 79.6 cm³/mol. The maximum atomic E-state index is 13.6. The fourth-order valence-corrected chi connectivity index (χ4v) is 2.04. The van der Waals surface area contributed by atoms with Gasteiger partial charge in [0.25, 0.3) is 5.91 Å². The van der Waals surface area contributed by atoms with Gasteiger partial charge < -0.3 is 10.1 Å². The Bertz CT molecular complexity index is 756. The van der Waals surface area contributed by atoms with Crippen molar-refractivity contribution in [1.82, 2.24) is 5.32 Å². The fraction of sp³-hybridized carbons (Fsp3) is 0.176. The van der Waals surface area contributed by atoms with Crippen molar-refractivity contribution in [2.24, 2.45) is 0 Å². The Hall–Kier alpha value is -2.94. The third-order valence-corrected chi connectivity index (χ3v) is 3.17. The molecule has 0 aliphatic carbocycles. The van der Waals surface area contributed by atoms with Crippen molar-refractivity contribution in [1.29, 1.82) is 5.26 Å². The minimum atomic E-state index is -0.728. The van der Waals surface area contributed by atoms with Crippen molar-refractivity contribution < 1.29 is 18.3 Å². The highest BCUT2D eigenvalue weighted by molar-refractivity contribution is 5.78. The SMILES string of the molecule is CC(NC(=O)COc1ccccc1C#N)c1ccc(F)cc1F. The lowest BCUT2D eigenvalue weighted by Crippen LogP contribution is -2.31. The van der Waals surface area contributed by atoms with E-state index in [-0.39, 0.29) is 12.2 Å². The van der Waals surface area contributed by atoms with E-state index in [0.717, 1.165) is 12.1 Å². The number of rotatable bonds is 5. The summed E-state index contributed by atoms with van der Waals surface area (Å²) in [4.78, 5) is 11.9. The molecule has 0 fully saturated rings. The fourth-order valence-electron chi connectivity index (χ4n) is 2.04. The van der Waals surface area contributed by atoms with Gasteiger partial charge in [0.15, 0.2) is 6.61 Å². The van der Waals surface area contributed by atoms with E-state index in [0.29, 0.717) is 11.3 Å². The second-order valence-electron chi connectivity index (χ2n) is 4.85.